The molecule has 0 bridgehead atoms. The van der Waals surface area contributed by atoms with Gasteiger partial charge in [0.05, 0.1) is 0 Å². The number of anilines is 1. The number of carbonyl (C=O) groups is 2. The Kier molecular flexibility index (Phi) is 6.09. The van der Waals surface area contributed by atoms with Crippen LogP contribution in [0.5, 0.6) is 0 Å². The second kappa shape index (κ2) is 8.49. The van der Waals surface area contributed by atoms with Crippen LogP contribution in [0.25, 0.3) is 0 Å². The highest BCUT2D eigenvalue weighted by molar-refractivity contribution is 7.98. The molecule has 1 aromatic heterocycles. The lowest BCUT2D eigenvalue weighted by atomic mass is 10.1. The Morgan fingerprint density at radius 1 is 1.36 bits per heavy atom. The first kappa shape index (κ1) is 17.9. The Morgan fingerprint density at radius 2 is 2.16 bits per heavy atom. The second-order valence-electron chi connectivity index (χ2n) is 5.82. The maximum absolute atomic E-state index is 12.8. The van der Waals surface area contributed by atoms with E-state index in [0.29, 0.717) is 23.7 Å². The highest BCUT2D eigenvalue weighted by Gasteiger charge is 2.34. The number of hydrogen-bond donors (Lipinski definition) is 1. The molecule has 0 radical (unpaired) electrons. The van der Waals surface area contributed by atoms with Gasteiger partial charge in [-0.1, -0.05) is 19.1 Å². The molecule has 7 heteroatoms. The molecular weight excluding hydrogens is 354 g/mol. The van der Waals surface area contributed by atoms with Crippen molar-refractivity contribution in [2.24, 2.45) is 0 Å². The zero-order valence-corrected chi connectivity index (χ0v) is 15.7. The Hall–Kier alpha value is -1.86. The van der Waals surface area contributed by atoms with E-state index in [1.807, 2.05) is 41.4 Å². The van der Waals surface area contributed by atoms with Gasteiger partial charge in [-0.15, -0.1) is 11.3 Å². The average Bonchev–Trinajstić information content (AvgIpc) is 3.31. The molecule has 25 heavy (non-hydrogen) atoms. The average molecular weight is 376 g/mol. The van der Waals surface area contributed by atoms with Crippen LogP contribution in [0.2, 0.25) is 0 Å². The summed E-state index contributed by atoms with van der Waals surface area (Å²) in [6, 6.07) is 7.30. The topological polar surface area (TPSA) is 62.3 Å². The Labute approximate surface area is 155 Å². The maximum Gasteiger partial charge on any atom is 0.254 e. The number of thiazole rings is 1. The zero-order valence-electron chi connectivity index (χ0n) is 14.1. The predicted molar refractivity (Wildman–Crippen MR) is 103 cm³/mol. The molecule has 2 amide bonds. The van der Waals surface area contributed by atoms with Gasteiger partial charge in [0.2, 0.25) is 5.91 Å². The molecule has 0 aliphatic carbocycles. The summed E-state index contributed by atoms with van der Waals surface area (Å²) in [5.41, 5.74) is 1.85. The molecule has 132 valence electrons. The van der Waals surface area contributed by atoms with Crippen molar-refractivity contribution in [2.75, 3.05) is 17.6 Å². The molecule has 1 saturated heterocycles. The van der Waals surface area contributed by atoms with Crippen LogP contribution < -0.4 is 5.32 Å². The minimum Gasteiger partial charge on any atom is -0.327 e. The van der Waals surface area contributed by atoms with Crippen molar-refractivity contribution < 1.29 is 9.59 Å². The van der Waals surface area contributed by atoms with Crippen LogP contribution in [0.4, 0.5) is 5.13 Å². The number of hydrogen-bond acceptors (Lipinski definition) is 5. The van der Waals surface area contributed by atoms with Gasteiger partial charge in [-0.25, -0.2) is 4.98 Å². The lowest BCUT2D eigenvalue weighted by molar-refractivity contribution is -0.119. The van der Waals surface area contributed by atoms with Gasteiger partial charge < -0.3 is 10.2 Å². The number of nitrogens with zero attached hydrogens (tertiary/aromatic N) is 2. The molecule has 2 heterocycles. The van der Waals surface area contributed by atoms with E-state index in [-0.39, 0.29) is 11.8 Å². The number of aromatic nitrogens is 1. The van der Waals surface area contributed by atoms with Crippen molar-refractivity contribution in [2.45, 2.75) is 31.6 Å². The van der Waals surface area contributed by atoms with Crippen molar-refractivity contribution in [3.63, 3.8) is 0 Å². The van der Waals surface area contributed by atoms with Crippen LogP contribution in [0.3, 0.4) is 0 Å². The lowest BCUT2D eigenvalue weighted by Crippen LogP contribution is -2.43. The fraction of sp³-hybridized carbons (Fsp3) is 0.389. The van der Waals surface area contributed by atoms with Crippen LogP contribution in [0.1, 0.15) is 35.7 Å². The fourth-order valence-corrected chi connectivity index (χ4v) is 4.05. The first-order valence-corrected chi connectivity index (χ1v) is 10.4. The molecule has 1 N–H and O–H groups in total. The smallest absolute Gasteiger partial charge is 0.254 e. The van der Waals surface area contributed by atoms with E-state index < -0.39 is 6.04 Å². The standard InChI is InChI=1S/C18H21N3O2S2/c1-2-24-12-13-5-7-14(8-6-13)17(23)21-10-3-4-15(21)16(22)20-18-19-9-11-25-18/h5-9,11,15H,2-4,10,12H2,1H3,(H,19,20,22)/t15-/m1/s1. The molecular formula is C18H21N3O2S2. The summed E-state index contributed by atoms with van der Waals surface area (Å²) in [6.07, 6.45) is 3.18. The SMILES string of the molecule is CCSCc1ccc(C(=O)N2CCC[C@@H]2C(=O)Nc2nccs2)cc1. The van der Waals surface area contributed by atoms with Gasteiger partial charge in [0.1, 0.15) is 6.04 Å². The van der Waals surface area contributed by atoms with Crippen molar-refractivity contribution >= 4 is 40.0 Å². The minimum absolute atomic E-state index is 0.0773. The van der Waals surface area contributed by atoms with Crippen molar-refractivity contribution in [3.05, 3.63) is 47.0 Å². The van der Waals surface area contributed by atoms with Gasteiger partial charge in [0, 0.05) is 29.4 Å². The highest BCUT2D eigenvalue weighted by Crippen LogP contribution is 2.23. The quantitative estimate of drug-likeness (QED) is 0.837. The Morgan fingerprint density at radius 3 is 2.84 bits per heavy atom. The number of amides is 2. The summed E-state index contributed by atoms with van der Waals surface area (Å²) >= 11 is 3.23. The second-order valence-corrected chi connectivity index (χ2v) is 7.99. The fourth-order valence-electron chi connectivity index (χ4n) is 2.89. The van der Waals surface area contributed by atoms with Crippen molar-refractivity contribution in [1.29, 1.82) is 0 Å². The predicted octanol–water partition coefficient (Wildman–Crippen LogP) is 3.64. The monoisotopic (exact) mass is 375 g/mol. The molecule has 1 aliphatic rings. The summed E-state index contributed by atoms with van der Waals surface area (Å²) in [6.45, 7) is 2.75. The zero-order chi connectivity index (χ0) is 17.6. The maximum atomic E-state index is 12.8. The Bertz CT molecular complexity index is 716. The summed E-state index contributed by atoms with van der Waals surface area (Å²) in [7, 11) is 0. The number of rotatable bonds is 6. The van der Waals surface area contributed by atoms with E-state index in [4.69, 9.17) is 0 Å². The number of likely N-dealkylation sites (tertiary alicyclic amines) is 1. The number of nitrogens with one attached hydrogen (secondary N) is 1. The minimum atomic E-state index is -0.424. The summed E-state index contributed by atoms with van der Waals surface area (Å²) in [5.74, 6) is 1.79. The van der Waals surface area contributed by atoms with Crippen LogP contribution in [0, 0.1) is 0 Å². The molecule has 1 atom stereocenters. The third-order valence-electron chi connectivity index (χ3n) is 4.15. The molecule has 2 aromatic rings. The highest BCUT2D eigenvalue weighted by atomic mass is 32.2. The molecule has 1 fully saturated rings. The van der Waals surface area contributed by atoms with E-state index in [0.717, 1.165) is 17.9 Å². The number of thioether (sulfide) groups is 1. The van der Waals surface area contributed by atoms with Crippen LogP contribution in [-0.2, 0) is 10.5 Å². The molecule has 0 unspecified atom stereocenters. The third-order valence-corrected chi connectivity index (χ3v) is 5.79. The van der Waals surface area contributed by atoms with Gasteiger partial charge in [-0.3, -0.25) is 9.59 Å². The summed E-state index contributed by atoms with van der Waals surface area (Å²) in [5, 5.41) is 5.19. The van der Waals surface area contributed by atoms with E-state index in [2.05, 4.69) is 17.2 Å². The Balaban J connectivity index is 1.66. The van der Waals surface area contributed by atoms with Gasteiger partial charge in [0.15, 0.2) is 5.13 Å². The molecule has 3 rings (SSSR count). The molecule has 1 aromatic carbocycles. The largest absolute Gasteiger partial charge is 0.327 e. The summed E-state index contributed by atoms with van der Waals surface area (Å²) in [4.78, 5) is 31.1. The van der Waals surface area contributed by atoms with E-state index in [9.17, 15) is 9.59 Å². The van der Waals surface area contributed by atoms with Crippen LogP contribution in [0.15, 0.2) is 35.8 Å². The first-order chi connectivity index (χ1) is 12.2. The molecule has 0 saturated carbocycles. The van der Waals surface area contributed by atoms with Crippen molar-refractivity contribution in [3.8, 4) is 0 Å². The number of carbonyl (C=O) groups excluding carboxylic acids is 2. The van der Waals surface area contributed by atoms with Gasteiger partial charge in [-0.05, 0) is 36.3 Å². The van der Waals surface area contributed by atoms with Crippen molar-refractivity contribution in [1.82, 2.24) is 9.88 Å². The third kappa shape index (κ3) is 4.41. The van der Waals surface area contributed by atoms with E-state index in [1.165, 1.54) is 16.9 Å². The van der Waals surface area contributed by atoms with E-state index >= 15 is 0 Å². The molecule has 5 nitrogen and oxygen atoms in total. The van der Waals surface area contributed by atoms with Crippen LogP contribution >= 0.6 is 23.1 Å². The first-order valence-electron chi connectivity index (χ1n) is 8.37. The summed E-state index contributed by atoms with van der Waals surface area (Å²) < 4.78 is 0. The van der Waals surface area contributed by atoms with Gasteiger partial charge in [0.25, 0.3) is 5.91 Å². The normalized spacial score (nSPS) is 16.8. The van der Waals surface area contributed by atoms with Gasteiger partial charge >= 0.3 is 0 Å². The van der Waals surface area contributed by atoms with E-state index in [1.54, 1.807) is 11.1 Å². The van der Waals surface area contributed by atoms with Gasteiger partial charge in [-0.2, -0.15) is 11.8 Å². The molecule has 0 spiro atoms. The molecule has 1 aliphatic heterocycles. The lowest BCUT2D eigenvalue weighted by Gasteiger charge is -2.23. The number of benzene rings is 1. The van der Waals surface area contributed by atoms with Crippen LogP contribution in [-0.4, -0.2) is 40.0 Å².